The summed E-state index contributed by atoms with van der Waals surface area (Å²) in [7, 11) is 3.17. The minimum Gasteiger partial charge on any atom is -0.497 e. The summed E-state index contributed by atoms with van der Waals surface area (Å²) in [6.45, 7) is 9.30. The first-order chi connectivity index (χ1) is 19.5. The Morgan fingerprint density at radius 2 is 1.90 bits per heavy atom. The van der Waals surface area contributed by atoms with E-state index >= 15 is 0 Å². The zero-order chi connectivity index (χ0) is 29.7. The van der Waals surface area contributed by atoms with Gasteiger partial charge in [0.2, 0.25) is 0 Å². The molecule has 0 unspecified atom stereocenters. The van der Waals surface area contributed by atoms with E-state index in [2.05, 4.69) is 10.6 Å². The maximum Gasteiger partial charge on any atom is 0.410 e. The summed E-state index contributed by atoms with van der Waals surface area (Å²) in [4.78, 5) is 40.1. The molecule has 2 N–H and O–H groups in total. The average Bonchev–Trinajstić information content (AvgIpc) is 3.29. The van der Waals surface area contributed by atoms with Gasteiger partial charge in [-0.15, -0.1) is 0 Å². The van der Waals surface area contributed by atoms with Crippen LogP contribution in [0.3, 0.4) is 0 Å². The van der Waals surface area contributed by atoms with Crippen LogP contribution in [-0.4, -0.2) is 81.0 Å². The maximum absolute atomic E-state index is 13.3. The molecule has 1 saturated heterocycles. The SMILES string of the molecule is CNC(=O)c1cc(C(=O)NCCC[C@@H]2CN(C(=O)OC(C)(C)C)CCO2)cc2c1O[C@H](C)[C@H]2c1cccc(OC)c1. The van der Waals surface area contributed by atoms with Crippen LogP contribution in [0.15, 0.2) is 36.4 Å². The fourth-order valence-corrected chi connectivity index (χ4v) is 5.26. The molecule has 4 rings (SSSR count). The highest BCUT2D eigenvalue weighted by atomic mass is 16.6. The minimum atomic E-state index is -0.553. The van der Waals surface area contributed by atoms with E-state index in [0.29, 0.717) is 56.0 Å². The Morgan fingerprint density at radius 1 is 1.12 bits per heavy atom. The Labute approximate surface area is 241 Å². The fraction of sp³-hybridized carbons (Fsp3) is 0.516. The number of carbonyl (C=O) groups is 3. The zero-order valence-electron chi connectivity index (χ0n) is 24.7. The molecule has 2 heterocycles. The van der Waals surface area contributed by atoms with Crippen molar-refractivity contribution in [2.24, 2.45) is 0 Å². The Morgan fingerprint density at radius 3 is 2.61 bits per heavy atom. The van der Waals surface area contributed by atoms with Crippen LogP contribution in [0.4, 0.5) is 4.79 Å². The molecule has 0 aromatic heterocycles. The molecule has 3 atom stereocenters. The van der Waals surface area contributed by atoms with Gasteiger partial charge in [0, 0.05) is 37.2 Å². The van der Waals surface area contributed by atoms with Crippen LogP contribution in [0.1, 0.15) is 78.3 Å². The van der Waals surface area contributed by atoms with Gasteiger partial charge in [-0.3, -0.25) is 9.59 Å². The molecule has 10 heteroatoms. The Bertz CT molecular complexity index is 1270. The lowest BCUT2D eigenvalue weighted by Gasteiger charge is -2.34. The van der Waals surface area contributed by atoms with Gasteiger partial charge >= 0.3 is 6.09 Å². The molecule has 0 aliphatic carbocycles. The van der Waals surface area contributed by atoms with Crippen LogP contribution in [0.25, 0.3) is 0 Å². The molecule has 2 aromatic carbocycles. The van der Waals surface area contributed by atoms with Crippen molar-refractivity contribution in [3.05, 3.63) is 58.7 Å². The van der Waals surface area contributed by atoms with E-state index in [0.717, 1.165) is 16.9 Å². The summed E-state index contributed by atoms with van der Waals surface area (Å²) >= 11 is 0. The molecule has 2 aliphatic rings. The second-order valence-electron chi connectivity index (χ2n) is 11.4. The number of nitrogens with zero attached hydrogens (tertiary/aromatic N) is 1. The molecule has 10 nitrogen and oxygen atoms in total. The molecule has 41 heavy (non-hydrogen) atoms. The van der Waals surface area contributed by atoms with Gasteiger partial charge in [-0.25, -0.2) is 4.79 Å². The van der Waals surface area contributed by atoms with Crippen LogP contribution in [-0.2, 0) is 9.47 Å². The molecule has 0 spiro atoms. The van der Waals surface area contributed by atoms with Crippen molar-refractivity contribution in [3.8, 4) is 11.5 Å². The number of hydrogen-bond donors (Lipinski definition) is 2. The molecule has 0 radical (unpaired) electrons. The zero-order valence-corrected chi connectivity index (χ0v) is 24.7. The monoisotopic (exact) mass is 567 g/mol. The first-order valence-electron chi connectivity index (χ1n) is 14.1. The van der Waals surface area contributed by atoms with Gasteiger partial charge in [-0.1, -0.05) is 12.1 Å². The summed E-state index contributed by atoms with van der Waals surface area (Å²) in [5, 5.41) is 5.63. The van der Waals surface area contributed by atoms with E-state index in [9.17, 15) is 14.4 Å². The standard InChI is InChI=1S/C31H41N3O7/c1-19-26(20-9-7-10-22(15-20)38-6)24-16-21(17-25(27(24)40-19)29(36)32-5)28(35)33-12-8-11-23-18-34(13-14-39-23)30(37)41-31(2,3)4/h7,9-10,15-17,19,23,26H,8,11-14,18H2,1-6H3,(H,32,36)(H,33,35)/t19-,23-,26+/m1/s1. The number of methoxy groups -OCH3 is 1. The first kappa shape index (κ1) is 30.2. The fourth-order valence-electron chi connectivity index (χ4n) is 5.26. The van der Waals surface area contributed by atoms with E-state index in [1.165, 1.54) is 0 Å². The van der Waals surface area contributed by atoms with Crippen LogP contribution in [0.5, 0.6) is 11.5 Å². The molecule has 2 aromatic rings. The summed E-state index contributed by atoms with van der Waals surface area (Å²) in [5.41, 5.74) is 1.92. The Balaban J connectivity index is 1.43. The maximum atomic E-state index is 13.3. The molecule has 1 fully saturated rings. The van der Waals surface area contributed by atoms with E-state index in [-0.39, 0.29) is 36.0 Å². The number of fused-ring (bicyclic) bond motifs is 1. The van der Waals surface area contributed by atoms with Gasteiger partial charge in [0.1, 0.15) is 23.2 Å². The third-order valence-electron chi connectivity index (χ3n) is 7.19. The van der Waals surface area contributed by atoms with E-state index in [1.807, 2.05) is 58.0 Å². The van der Waals surface area contributed by atoms with Crippen molar-refractivity contribution in [1.29, 1.82) is 0 Å². The number of amides is 3. The molecule has 0 saturated carbocycles. The molecular formula is C31H41N3O7. The quantitative estimate of drug-likeness (QED) is 0.461. The third kappa shape index (κ3) is 7.30. The molecule has 222 valence electrons. The van der Waals surface area contributed by atoms with Gasteiger partial charge in [-0.2, -0.15) is 0 Å². The first-order valence-corrected chi connectivity index (χ1v) is 14.1. The van der Waals surface area contributed by atoms with Crippen molar-refractivity contribution in [1.82, 2.24) is 15.5 Å². The lowest BCUT2D eigenvalue weighted by Crippen LogP contribution is -2.47. The molecular weight excluding hydrogens is 526 g/mol. The van der Waals surface area contributed by atoms with Crippen LogP contribution in [0, 0.1) is 0 Å². The summed E-state index contributed by atoms with van der Waals surface area (Å²) in [6.07, 6.45) is 0.632. The topological polar surface area (TPSA) is 115 Å². The normalized spacial score (nSPS) is 20.0. The highest BCUT2D eigenvalue weighted by Crippen LogP contribution is 2.45. The Hall–Kier alpha value is -3.79. The number of nitrogens with one attached hydrogen (secondary N) is 2. The largest absolute Gasteiger partial charge is 0.497 e. The predicted octanol–water partition coefficient (Wildman–Crippen LogP) is 4.11. The van der Waals surface area contributed by atoms with Crippen LogP contribution < -0.4 is 20.1 Å². The highest BCUT2D eigenvalue weighted by molar-refractivity contribution is 6.02. The van der Waals surface area contributed by atoms with Crippen LogP contribution >= 0.6 is 0 Å². The van der Waals surface area contributed by atoms with Crippen LogP contribution in [0.2, 0.25) is 0 Å². The van der Waals surface area contributed by atoms with Gasteiger partial charge < -0.3 is 34.5 Å². The van der Waals surface area contributed by atoms with Crippen molar-refractivity contribution < 1.29 is 33.3 Å². The van der Waals surface area contributed by atoms with Crippen molar-refractivity contribution in [3.63, 3.8) is 0 Å². The van der Waals surface area contributed by atoms with Crippen molar-refractivity contribution >= 4 is 17.9 Å². The summed E-state index contributed by atoms with van der Waals surface area (Å²) in [5.74, 6) is 0.442. The van der Waals surface area contributed by atoms with Gasteiger partial charge in [-0.05, 0) is 70.4 Å². The summed E-state index contributed by atoms with van der Waals surface area (Å²) < 4.78 is 22.9. The predicted molar refractivity (Wildman–Crippen MR) is 154 cm³/mol. The lowest BCUT2D eigenvalue weighted by molar-refractivity contribution is -0.0449. The minimum absolute atomic E-state index is 0.129. The number of morpholine rings is 1. The second kappa shape index (κ2) is 12.8. The summed E-state index contributed by atoms with van der Waals surface area (Å²) in [6, 6.07) is 11.1. The Kier molecular flexibility index (Phi) is 9.42. The number of ether oxygens (including phenoxy) is 4. The van der Waals surface area contributed by atoms with Gasteiger partial charge in [0.05, 0.1) is 31.9 Å². The average molecular weight is 568 g/mol. The number of benzene rings is 2. The third-order valence-corrected chi connectivity index (χ3v) is 7.19. The van der Waals surface area contributed by atoms with Crippen molar-refractivity contribution in [2.75, 3.05) is 40.4 Å². The van der Waals surface area contributed by atoms with Crippen molar-refractivity contribution in [2.45, 2.75) is 64.3 Å². The van der Waals surface area contributed by atoms with E-state index < -0.39 is 5.60 Å². The van der Waals surface area contributed by atoms with Gasteiger partial charge in [0.15, 0.2) is 0 Å². The lowest BCUT2D eigenvalue weighted by atomic mass is 9.86. The highest BCUT2D eigenvalue weighted by Gasteiger charge is 2.37. The van der Waals surface area contributed by atoms with E-state index in [4.69, 9.17) is 18.9 Å². The smallest absolute Gasteiger partial charge is 0.410 e. The second-order valence-corrected chi connectivity index (χ2v) is 11.4. The van der Waals surface area contributed by atoms with E-state index in [1.54, 1.807) is 25.1 Å². The number of rotatable bonds is 8. The van der Waals surface area contributed by atoms with Gasteiger partial charge in [0.25, 0.3) is 11.8 Å². The number of carbonyl (C=O) groups excluding carboxylic acids is 3. The molecule has 0 bridgehead atoms. The molecule has 3 amide bonds. The number of hydrogen-bond acceptors (Lipinski definition) is 7. The molecule has 2 aliphatic heterocycles.